The molecule has 0 aromatic heterocycles. The van der Waals surface area contributed by atoms with Gasteiger partial charge in [0.1, 0.15) is 6.29 Å². The minimum absolute atomic E-state index is 0.0107. The Bertz CT molecular complexity index is 192. The molecule has 3 heteroatoms. The molecule has 0 saturated carbocycles. The Hall–Kier alpha value is -0.153. The summed E-state index contributed by atoms with van der Waals surface area (Å²) in [6.45, 7) is 12.9. The molecule has 0 aliphatic rings. The zero-order valence-corrected chi connectivity index (χ0v) is 12.7. The van der Waals surface area contributed by atoms with Crippen LogP contribution in [-0.2, 0) is 9.22 Å². The second-order valence-corrected chi connectivity index (χ2v) is 9.79. The van der Waals surface area contributed by atoms with E-state index in [1.165, 1.54) is 0 Å². The van der Waals surface area contributed by atoms with Crippen molar-refractivity contribution in [1.29, 1.82) is 0 Å². The van der Waals surface area contributed by atoms with Crippen molar-refractivity contribution in [3.05, 3.63) is 0 Å². The van der Waals surface area contributed by atoms with E-state index in [1.54, 1.807) is 0 Å². The first kappa shape index (κ1) is 15.8. The van der Waals surface area contributed by atoms with E-state index in [4.69, 9.17) is 4.43 Å². The van der Waals surface area contributed by atoms with Gasteiger partial charge >= 0.3 is 0 Å². The molecule has 0 fully saturated rings. The van der Waals surface area contributed by atoms with Crippen LogP contribution in [0.4, 0.5) is 0 Å². The summed E-state index contributed by atoms with van der Waals surface area (Å²) in [5.41, 5.74) is 0. The van der Waals surface area contributed by atoms with E-state index in [1.807, 2.05) is 6.92 Å². The fraction of sp³-hybridized carbons (Fsp3) is 0.923. The molecule has 0 N–H and O–H groups in total. The molecule has 0 aliphatic heterocycles. The number of hydrogen-bond acceptors (Lipinski definition) is 2. The first-order chi connectivity index (χ1) is 7.46. The monoisotopic (exact) mass is 244 g/mol. The topological polar surface area (TPSA) is 26.3 Å². The van der Waals surface area contributed by atoms with Crippen LogP contribution in [0.15, 0.2) is 0 Å². The Labute approximate surface area is 102 Å². The van der Waals surface area contributed by atoms with Gasteiger partial charge in [-0.3, -0.25) is 0 Å². The largest absolute Gasteiger partial charge is 0.413 e. The maximum Gasteiger partial charge on any atom is 0.192 e. The van der Waals surface area contributed by atoms with Gasteiger partial charge in [-0.2, -0.15) is 0 Å². The standard InChI is InChI=1S/C13H28O2Si/c1-7-16(8-2,9-3)15-13(11(4)5)12(6)10-14/h10-13H,7-9H2,1-6H3/t12-,13+/m1/s1. The number of rotatable bonds is 8. The summed E-state index contributed by atoms with van der Waals surface area (Å²) in [6.07, 6.45) is 1.13. The molecular formula is C13H28O2Si. The van der Waals surface area contributed by atoms with Crippen LogP contribution in [0.1, 0.15) is 41.5 Å². The molecule has 0 bridgehead atoms. The fourth-order valence-electron chi connectivity index (χ4n) is 2.22. The number of aldehydes is 1. The van der Waals surface area contributed by atoms with Crippen LogP contribution in [0, 0.1) is 11.8 Å². The van der Waals surface area contributed by atoms with Crippen LogP contribution in [0.2, 0.25) is 18.1 Å². The molecule has 2 atom stereocenters. The molecular weight excluding hydrogens is 216 g/mol. The zero-order chi connectivity index (χ0) is 12.8. The van der Waals surface area contributed by atoms with Crippen LogP contribution in [-0.4, -0.2) is 20.7 Å². The highest BCUT2D eigenvalue weighted by Gasteiger charge is 2.34. The highest BCUT2D eigenvalue weighted by atomic mass is 28.4. The molecule has 0 spiro atoms. The quantitative estimate of drug-likeness (QED) is 0.478. The highest BCUT2D eigenvalue weighted by Crippen LogP contribution is 2.28. The predicted molar refractivity (Wildman–Crippen MR) is 72.1 cm³/mol. The molecule has 0 aromatic rings. The smallest absolute Gasteiger partial charge is 0.192 e. The Morgan fingerprint density at radius 3 is 1.75 bits per heavy atom. The van der Waals surface area contributed by atoms with Crippen LogP contribution in [0.5, 0.6) is 0 Å². The van der Waals surface area contributed by atoms with Crippen molar-refractivity contribution in [3.63, 3.8) is 0 Å². The molecule has 16 heavy (non-hydrogen) atoms. The van der Waals surface area contributed by atoms with Crippen molar-refractivity contribution in [2.45, 2.75) is 65.8 Å². The van der Waals surface area contributed by atoms with Crippen LogP contribution in [0.25, 0.3) is 0 Å². The van der Waals surface area contributed by atoms with Crippen molar-refractivity contribution >= 4 is 14.6 Å². The average Bonchev–Trinajstić information content (AvgIpc) is 2.30. The maximum absolute atomic E-state index is 10.9. The highest BCUT2D eigenvalue weighted by molar-refractivity contribution is 6.73. The van der Waals surface area contributed by atoms with E-state index < -0.39 is 8.32 Å². The lowest BCUT2D eigenvalue weighted by atomic mass is 9.96. The summed E-state index contributed by atoms with van der Waals surface area (Å²) < 4.78 is 6.41. The summed E-state index contributed by atoms with van der Waals surface area (Å²) in [6, 6.07) is 3.44. The van der Waals surface area contributed by atoms with Crippen molar-refractivity contribution in [2.75, 3.05) is 0 Å². The van der Waals surface area contributed by atoms with Gasteiger partial charge in [0.15, 0.2) is 8.32 Å². The van der Waals surface area contributed by atoms with Gasteiger partial charge in [0.05, 0.1) is 6.10 Å². The Morgan fingerprint density at radius 2 is 1.50 bits per heavy atom. The first-order valence-corrected chi connectivity index (χ1v) is 9.12. The second-order valence-electron chi connectivity index (χ2n) is 5.07. The van der Waals surface area contributed by atoms with Gasteiger partial charge in [0.2, 0.25) is 0 Å². The summed E-state index contributed by atoms with van der Waals surface area (Å²) in [5.74, 6) is 0.424. The number of hydrogen-bond donors (Lipinski definition) is 0. The normalized spacial score (nSPS) is 16.2. The van der Waals surface area contributed by atoms with Gasteiger partial charge < -0.3 is 9.22 Å². The Kier molecular flexibility index (Phi) is 7.16. The summed E-state index contributed by atoms with van der Waals surface area (Å²) in [5, 5.41) is 0. The second kappa shape index (κ2) is 7.23. The lowest BCUT2D eigenvalue weighted by Gasteiger charge is -2.36. The van der Waals surface area contributed by atoms with Gasteiger partial charge in [0, 0.05) is 5.92 Å². The molecule has 0 rings (SSSR count). The lowest BCUT2D eigenvalue weighted by Crippen LogP contribution is -2.44. The fourth-order valence-corrected chi connectivity index (χ4v) is 5.28. The molecule has 0 saturated heterocycles. The van der Waals surface area contributed by atoms with E-state index in [2.05, 4.69) is 34.6 Å². The van der Waals surface area contributed by atoms with Gasteiger partial charge in [-0.15, -0.1) is 0 Å². The van der Waals surface area contributed by atoms with Gasteiger partial charge in [-0.25, -0.2) is 0 Å². The summed E-state index contributed by atoms with van der Waals surface area (Å²) in [4.78, 5) is 10.9. The molecule has 2 nitrogen and oxygen atoms in total. The number of carbonyl (C=O) groups excluding carboxylic acids is 1. The lowest BCUT2D eigenvalue weighted by molar-refractivity contribution is -0.114. The molecule has 0 aromatic carbocycles. The predicted octanol–water partition coefficient (Wildman–Crippen LogP) is 3.87. The Balaban J connectivity index is 4.77. The van der Waals surface area contributed by atoms with Crippen LogP contribution < -0.4 is 0 Å². The molecule has 0 heterocycles. The molecule has 96 valence electrons. The Morgan fingerprint density at radius 1 is 1.06 bits per heavy atom. The van der Waals surface area contributed by atoms with Crippen molar-refractivity contribution < 1.29 is 9.22 Å². The van der Waals surface area contributed by atoms with Gasteiger partial charge in [-0.1, -0.05) is 41.5 Å². The van der Waals surface area contributed by atoms with E-state index in [9.17, 15) is 4.79 Å². The summed E-state index contributed by atoms with van der Waals surface area (Å²) >= 11 is 0. The van der Waals surface area contributed by atoms with Crippen molar-refractivity contribution in [3.8, 4) is 0 Å². The first-order valence-electron chi connectivity index (χ1n) is 6.59. The third-order valence-electron chi connectivity index (χ3n) is 3.71. The SMILES string of the molecule is CC[Si](CC)(CC)O[C@@H](C(C)C)[C@H](C)C=O. The minimum atomic E-state index is -1.58. The third-order valence-corrected chi connectivity index (χ3v) is 8.35. The van der Waals surface area contributed by atoms with Crippen molar-refractivity contribution in [1.82, 2.24) is 0 Å². The maximum atomic E-state index is 10.9. The van der Waals surface area contributed by atoms with Crippen LogP contribution in [0.3, 0.4) is 0 Å². The van der Waals surface area contributed by atoms with E-state index >= 15 is 0 Å². The summed E-state index contributed by atoms with van der Waals surface area (Å²) in [7, 11) is -1.58. The van der Waals surface area contributed by atoms with E-state index in [0.717, 1.165) is 24.4 Å². The van der Waals surface area contributed by atoms with Gasteiger partial charge in [-0.05, 0) is 24.1 Å². The van der Waals surface area contributed by atoms with Gasteiger partial charge in [0.25, 0.3) is 0 Å². The number of carbonyl (C=O) groups is 1. The zero-order valence-electron chi connectivity index (χ0n) is 11.7. The molecule has 0 amide bonds. The third kappa shape index (κ3) is 4.02. The molecule has 0 unspecified atom stereocenters. The minimum Gasteiger partial charge on any atom is -0.413 e. The molecule has 0 radical (unpaired) electrons. The van der Waals surface area contributed by atoms with E-state index in [-0.39, 0.29) is 12.0 Å². The average molecular weight is 244 g/mol. The van der Waals surface area contributed by atoms with Crippen LogP contribution >= 0.6 is 0 Å². The molecule has 0 aliphatic carbocycles. The van der Waals surface area contributed by atoms with E-state index in [0.29, 0.717) is 5.92 Å². The van der Waals surface area contributed by atoms with Crippen molar-refractivity contribution in [2.24, 2.45) is 11.8 Å².